The summed E-state index contributed by atoms with van der Waals surface area (Å²) in [5.74, 6) is -9.61. The molecule has 0 aliphatic carbocycles. The van der Waals surface area contributed by atoms with Crippen molar-refractivity contribution in [3.05, 3.63) is 149 Å². The van der Waals surface area contributed by atoms with Gasteiger partial charge in [-0.2, -0.15) is 9.78 Å². The van der Waals surface area contributed by atoms with Gasteiger partial charge < -0.3 is 96.4 Å². The number of para-hydroxylation sites is 1. The Hall–Kier alpha value is -10.3. The molecule has 0 radical (unpaired) electrons. The molecule has 0 spiro atoms. The van der Waals surface area contributed by atoms with E-state index in [-0.39, 0.29) is 93.8 Å². The van der Waals surface area contributed by atoms with Gasteiger partial charge in [0.25, 0.3) is 5.91 Å². The molecule has 7 rings (SSSR count). The third-order valence-electron chi connectivity index (χ3n) is 18.2. The first kappa shape index (κ1) is 91.9. The summed E-state index contributed by atoms with van der Waals surface area (Å²) in [6.07, 6.45) is -0.275. The van der Waals surface area contributed by atoms with Crippen molar-refractivity contribution < 1.29 is 72.5 Å². The van der Waals surface area contributed by atoms with E-state index < -0.39 is 150 Å². The Kier molecular flexibility index (Phi) is 36.0. The molecule has 0 saturated carbocycles. The molecule has 1 aliphatic rings. The van der Waals surface area contributed by atoms with Crippen LogP contribution in [-0.4, -0.2) is 208 Å². The van der Waals surface area contributed by atoms with Gasteiger partial charge in [-0.15, -0.1) is 0 Å². The van der Waals surface area contributed by atoms with Gasteiger partial charge in [0, 0.05) is 58.3 Å². The molecule has 11 amide bonds. The molecule has 33 nitrogen and oxygen atoms in total. The predicted octanol–water partition coefficient (Wildman–Crippen LogP) is 1.67. The number of aliphatic hydroxyl groups excluding tert-OH is 2. The summed E-state index contributed by atoms with van der Waals surface area (Å²) in [5.41, 5.74) is 27.1. The Morgan fingerprint density at radius 1 is 0.661 bits per heavy atom. The zero-order valence-corrected chi connectivity index (χ0v) is 68.0. The lowest BCUT2D eigenvalue weighted by Crippen LogP contribution is -2.61. The number of fused-ring (bicyclic) bond motifs is 1. The number of aliphatic hydroxyl groups is 2. The molecule has 0 unspecified atom stereocenters. The molecule has 36 heteroatoms. The maximum Gasteiger partial charge on any atom is 0.440 e. The van der Waals surface area contributed by atoms with E-state index in [0.717, 1.165) is 10.8 Å². The highest BCUT2D eigenvalue weighted by molar-refractivity contribution is 8.76. The number of nitrogens with one attached hydrogen (secondary N) is 11. The number of hydrogen-bond donors (Lipinski definition) is 17. The van der Waals surface area contributed by atoms with Gasteiger partial charge >= 0.3 is 6.09 Å². The van der Waals surface area contributed by atoms with Crippen molar-refractivity contribution >= 4 is 127 Å². The molecular formula is C79H106N18O15S3. The number of carbonyl (C=O) groups excluding carboxylic acids is 12. The van der Waals surface area contributed by atoms with Crippen LogP contribution in [0.5, 0.6) is 5.75 Å². The minimum atomic E-state index is -1.71. The highest BCUT2D eigenvalue weighted by Gasteiger charge is 2.38. The van der Waals surface area contributed by atoms with E-state index >= 15 is 0 Å². The van der Waals surface area contributed by atoms with Gasteiger partial charge in [-0.3, -0.25) is 57.7 Å². The number of benzene rings is 4. The molecular weight excluding hydrogens is 1540 g/mol. The van der Waals surface area contributed by atoms with Gasteiger partial charge in [0.2, 0.25) is 59.1 Å². The lowest BCUT2D eigenvalue weighted by Gasteiger charge is -2.28. The van der Waals surface area contributed by atoms with Crippen LogP contribution in [0, 0.1) is 5.92 Å². The van der Waals surface area contributed by atoms with Crippen LogP contribution in [0.15, 0.2) is 125 Å². The number of ether oxygens (including phenoxy) is 1. The summed E-state index contributed by atoms with van der Waals surface area (Å²) >= 11 is 1.33. The summed E-state index contributed by atoms with van der Waals surface area (Å²) in [7, 11) is 3.86. The van der Waals surface area contributed by atoms with Crippen LogP contribution < -0.4 is 86.2 Å². The normalized spacial score (nSPS) is 19.6. The standard InChI is InChI=1S/C79H106N18O15S3/c1-44(2)39-60-74(107)89-55(28-33-80)69(102)88-58(31-36-83)73(106)95-65(45(3)98)76(109)86-38-32-59(72(105)87-56(29-34-81)71(104)93-61(75(108)92-60)40-47-17-10-9-11-18-47)90-70(103)57(30-35-82)91-77(110)66(46(4)99)94-64(100)43-114-113-42-48-19-16-22-53(79(5,6)7)67(48)112-78(111)97-62-41-50(115-63-23-13-12-21-52(63)68(101)84-8)25-26-51(62)54(96-97)27-24-49-20-14-15-37-85-49/h9-27,37,41,44-46,55-61,65-66,98-99H,28-36,38-40,42-43,80-83H2,1-8H3,(H,84,101)(H,86,109)(H,87,105)(H,88,102)(H,89,107)(H,90,103)(H,91,110)(H,92,108)(H,93,104)(H,94,100)(H,95,106)/b27-24+/t45-,46-,55+,56+,57+,58+,59+,60+,61-,65+,66+/m1/s1. The van der Waals surface area contributed by atoms with Crippen molar-refractivity contribution in [1.29, 1.82) is 0 Å². The first-order valence-electron chi connectivity index (χ1n) is 37.8. The predicted molar refractivity (Wildman–Crippen MR) is 440 cm³/mol. The van der Waals surface area contributed by atoms with E-state index in [1.54, 1.807) is 99.9 Å². The topological polar surface area (TPSA) is 522 Å². The summed E-state index contributed by atoms with van der Waals surface area (Å²) in [6, 6.07) is 18.3. The summed E-state index contributed by atoms with van der Waals surface area (Å²) in [4.78, 5) is 176. The van der Waals surface area contributed by atoms with Crippen LogP contribution in [0.3, 0.4) is 0 Å². The van der Waals surface area contributed by atoms with Crippen LogP contribution >= 0.6 is 33.3 Å². The molecule has 4 aromatic carbocycles. The monoisotopic (exact) mass is 1640 g/mol. The van der Waals surface area contributed by atoms with Crippen LogP contribution in [0.2, 0.25) is 0 Å². The minimum Gasteiger partial charge on any atom is -0.408 e. The molecule has 1 fully saturated rings. The summed E-state index contributed by atoms with van der Waals surface area (Å²) in [5, 5.41) is 55.8. The second-order valence-corrected chi connectivity index (χ2v) is 32.4. The molecule has 2 aromatic heterocycles. The van der Waals surface area contributed by atoms with Crippen LogP contribution in [0.1, 0.15) is 125 Å². The zero-order chi connectivity index (χ0) is 84.1. The molecule has 3 heterocycles. The Labute approximate surface area is 679 Å². The van der Waals surface area contributed by atoms with Gasteiger partial charge in [-0.25, -0.2) is 4.79 Å². The first-order valence-corrected chi connectivity index (χ1v) is 41.1. The number of nitrogens with two attached hydrogens (primary N) is 4. The lowest BCUT2D eigenvalue weighted by atomic mass is 9.85. The van der Waals surface area contributed by atoms with Crippen molar-refractivity contribution in [3.63, 3.8) is 0 Å². The van der Waals surface area contributed by atoms with Crippen molar-refractivity contribution in [1.82, 2.24) is 73.2 Å². The fraction of sp³-hybridized carbons (Fsp3) is 0.443. The number of rotatable bonds is 30. The Balaban J connectivity index is 1.09. The van der Waals surface area contributed by atoms with E-state index in [1.165, 1.54) is 41.1 Å². The highest BCUT2D eigenvalue weighted by atomic mass is 33.1. The van der Waals surface area contributed by atoms with E-state index in [1.807, 2.05) is 69.3 Å². The van der Waals surface area contributed by atoms with Crippen molar-refractivity contribution in [2.24, 2.45) is 28.9 Å². The molecule has 6 aromatic rings. The Bertz CT molecular complexity index is 4400. The molecule has 0 bridgehead atoms. The van der Waals surface area contributed by atoms with Crippen molar-refractivity contribution in [2.45, 2.75) is 181 Å². The quantitative estimate of drug-likeness (QED) is 0.0225. The highest BCUT2D eigenvalue weighted by Crippen LogP contribution is 2.39. The maximum atomic E-state index is 14.8. The van der Waals surface area contributed by atoms with E-state index in [0.29, 0.717) is 54.3 Å². The van der Waals surface area contributed by atoms with E-state index in [2.05, 4.69) is 63.5 Å². The summed E-state index contributed by atoms with van der Waals surface area (Å²) in [6.45, 7) is 10.7. The van der Waals surface area contributed by atoms with Crippen molar-refractivity contribution in [2.75, 3.05) is 45.5 Å². The van der Waals surface area contributed by atoms with Crippen LogP contribution in [0.25, 0.3) is 23.1 Å². The largest absolute Gasteiger partial charge is 0.440 e. The van der Waals surface area contributed by atoms with Gasteiger partial charge in [-0.05, 0) is 150 Å². The fourth-order valence-electron chi connectivity index (χ4n) is 12.2. The van der Waals surface area contributed by atoms with Crippen LogP contribution in [-0.2, 0) is 65.5 Å². The van der Waals surface area contributed by atoms with Gasteiger partial charge in [0.1, 0.15) is 60.1 Å². The second-order valence-electron chi connectivity index (χ2n) is 28.8. The number of pyridine rings is 1. The molecule has 11 atom stereocenters. The first-order chi connectivity index (χ1) is 54.9. The van der Waals surface area contributed by atoms with Gasteiger partial charge in [0.05, 0.1) is 40.4 Å². The maximum absolute atomic E-state index is 14.8. The SMILES string of the molecule is CNC(=O)c1ccccc1Sc1ccc2c(/C=C/c3ccccn3)nn(C(=O)Oc3c(CSSCC(=O)N[C@H](C(=O)N[C@@H](CCN)C(=O)N[C@H]4CCNC(=O)[C@H]([C@@H](C)O)NC(=O)[C@H](CCN)NC(=O)[C@H](CCN)NC(=O)[C@H](CC(C)C)NC(=O)[C@@H](Cc5ccccc5)NC(=O)[C@H](CCN)NC4=O)[C@@H](C)O)cccc3C(C)(C)C)c2c1. The smallest absolute Gasteiger partial charge is 0.408 e. The van der Waals surface area contributed by atoms with E-state index in [9.17, 15) is 67.7 Å². The number of amides is 11. The third kappa shape index (κ3) is 27.4. The molecule has 1 saturated heterocycles. The fourth-order valence-corrected chi connectivity index (χ4v) is 15.1. The molecule has 1 aliphatic heterocycles. The molecule has 115 heavy (non-hydrogen) atoms. The number of hydrogen-bond acceptors (Lipinski definition) is 24. The van der Waals surface area contributed by atoms with E-state index in [4.69, 9.17) is 32.8 Å². The Morgan fingerprint density at radius 3 is 1.88 bits per heavy atom. The molecule has 620 valence electrons. The summed E-state index contributed by atoms with van der Waals surface area (Å²) < 4.78 is 7.57. The average molecular weight is 1640 g/mol. The number of nitrogens with zero attached hydrogens (tertiary/aromatic N) is 3. The Morgan fingerprint density at radius 2 is 1.27 bits per heavy atom. The van der Waals surface area contributed by atoms with Crippen LogP contribution in [0.4, 0.5) is 4.79 Å². The average Bonchev–Trinajstić information content (AvgIpc) is 1.66. The molecule has 21 N–H and O–H groups in total. The lowest BCUT2D eigenvalue weighted by molar-refractivity contribution is -0.136. The number of aromatic nitrogens is 3. The number of carbonyl (C=O) groups is 12. The van der Waals surface area contributed by atoms with Crippen molar-refractivity contribution in [3.8, 4) is 5.75 Å². The van der Waals surface area contributed by atoms with Gasteiger partial charge in [-0.1, -0.05) is 135 Å². The zero-order valence-electron chi connectivity index (χ0n) is 65.5. The minimum absolute atomic E-state index is 0.0307. The third-order valence-corrected chi connectivity index (χ3v) is 21.5. The second kappa shape index (κ2) is 45.1. The van der Waals surface area contributed by atoms with Gasteiger partial charge in [0.15, 0.2) is 0 Å².